The van der Waals surface area contributed by atoms with Gasteiger partial charge in [0.2, 0.25) is 0 Å². The quantitative estimate of drug-likeness (QED) is 0.881. The molecule has 2 N–H and O–H groups in total. The monoisotopic (exact) mass is 264 g/mol. The van der Waals surface area contributed by atoms with Crippen LogP contribution in [0.5, 0.6) is 0 Å². The number of carbonyl (C=O) groups is 1. The summed E-state index contributed by atoms with van der Waals surface area (Å²) < 4.78 is 0. The third-order valence-corrected chi connectivity index (χ3v) is 4.39. The van der Waals surface area contributed by atoms with Gasteiger partial charge in [-0.05, 0) is 30.6 Å². The third kappa shape index (κ3) is 2.99. The zero-order chi connectivity index (χ0) is 14.2. The van der Waals surface area contributed by atoms with Gasteiger partial charge in [-0.15, -0.1) is 0 Å². The van der Waals surface area contributed by atoms with E-state index in [1.54, 1.807) is 0 Å². The van der Waals surface area contributed by atoms with Crippen molar-refractivity contribution < 1.29 is 9.90 Å². The molecule has 0 radical (unpaired) electrons. The van der Waals surface area contributed by atoms with Gasteiger partial charge in [0.05, 0.1) is 5.69 Å². The molecule has 1 aromatic heterocycles. The maximum atomic E-state index is 11.3. The fourth-order valence-electron chi connectivity index (χ4n) is 2.51. The molecule has 1 aliphatic carbocycles. The summed E-state index contributed by atoms with van der Waals surface area (Å²) in [6.45, 7) is 8.89. The maximum absolute atomic E-state index is 11.3. The Bertz CT molecular complexity index is 471. The number of H-pyrrole nitrogens is 1. The predicted octanol–water partition coefficient (Wildman–Crippen LogP) is 3.14. The third-order valence-electron chi connectivity index (χ3n) is 4.39. The Hall–Kier alpha value is -1.32. The van der Waals surface area contributed by atoms with E-state index >= 15 is 0 Å². The largest absolute Gasteiger partial charge is 0.481 e. The molecule has 1 heterocycles. The standard InChI is InChI=1S/C15H24N2O2/c1-9(15(2,3)4)8-12-16-11-7-5-6-10(14(18)19)13(11)17-12/h9-10H,5-8H2,1-4H3,(H,16,17)(H,18,19). The van der Waals surface area contributed by atoms with Crippen LogP contribution in [-0.2, 0) is 17.6 Å². The topological polar surface area (TPSA) is 66.0 Å². The minimum Gasteiger partial charge on any atom is -0.481 e. The minimum atomic E-state index is -0.747. The molecule has 19 heavy (non-hydrogen) atoms. The molecule has 0 saturated carbocycles. The fraction of sp³-hybridized carbons (Fsp3) is 0.733. The van der Waals surface area contributed by atoms with Crippen molar-refractivity contribution in [1.29, 1.82) is 0 Å². The van der Waals surface area contributed by atoms with Gasteiger partial charge < -0.3 is 10.1 Å². The van der Waals surface area contributed by atoms with Gasteiger partial charge in [0, 0.05) is 12.1 Å². The van der Waals surface area contributed by atoms with Crippen molar-refractivity contribution in [3.05, 3.63) is 17.2 Å². The lowest BCUT2D eigenvalue weighted by molar-refractivity contribution is -0.139. The van der Waals surface area contributed by atoms with Crippen LogP contribution in [0.2, 0.25) is 0 Å². The zero-order valence-corrected chi connectivity index (χ0v) is 12.3. The number of carboxylic acids is 1. The van der Waals surface area contributed by atoms with Crippen LogP contribution in [0.15, 0.2) is 0 Å². The number of aliphatic carboxylic acids is 1. The predicted molar refractivity (Wildman–Crippen MR) is 74.2 cm³/mol. The fourth-order valence-corrected chi connectivity index (χ4v) is 2.51. The van der Waals surface area contributed by atoms with Crippen LogP contribution in [0.25, 0.3) is 0 Å². The second-order valence-corrected chi connectivity index (χ2v) is 6.80. The van der Waals surface area contributed by atoms with Crippen molar-refractivity contribution in [2.45, 2.75) is 59.3 Å². The Morgan fingerprint density at radius 2 is 2.21 bits per heavy atom. The van der Waals surface area contributed by atoms with Crippen LogP contribution in [0.4, 0.5) is 0 Å². The molecule has 0 fully saturated rings. The Kier molecular flexibility index (Phi) is 3.70. The number of nitrogens with one attached hydrogen (secondary N) is 1. The molecule has 0 saturated heterocycles. The summed E-state index contributed by atoms with van der Waals surface area (Å²) in [5.74, 6) is 0.283. The second kappa shape index (κ2) is 4.99. The Morgan fingerprint density at radius 1 is 1.53 bits per heavy atom. The second-order valence-electron chi connectivity index (χ2n) is 6.80. The van der Waals surface area contributed by atoms with E-state index in [0.29, 0.717) is 12.3 Å². The van der Waals surface area contributed by atoms with E-state index in [9.17, 15) is 9.90 Å². The number of imidazole rings is 1. The van der Waals surface area contributed by atoms with Crippen LogP contribution in [-0.4, -0.2) is 21.0 Å². The molecular formula is C15H24N2O2. The number of fused-ring (bicyclic) bond motifs is 1. The number of aromatic amines is 1. The van der Waals surface area contributed by atoms with E-state index in [4.69, 9.17) is 0 Å². The van der Waals surface area contributed by atoms with Gasteiger partial charge in [0.15, 0.2) is 0 Å². The number of aryl methyl sites for hydroxylation is 1. The van der Waals surface area contributed by atoms with Crippen molar-refractivity contribution in [1.82, 2.24) is 9.97 Å². The van der Waals surface area contributed by atoms with Gasteiger partial charge in [-0.2, -0.15) is 0 Å². The van der Waals surface area contributed by atoms with Gasteiger partial charge >= 0.3 is 5.97 Å². The zero-order valence-electron chi connectivity index (χ0n) is 12.3. The summed E-state index contributed by atoms with van der Waals surface area (Å²) >= 11 is 0. The lowest BCUT2D eigenvalue weighted by Crippen LogP contribution is -2.20. The van der Waals surface area contributed by atoms with Crippen LogP contribution in [0, 0.1) is 11.3 Å². The highest BCUT2D eigenvalue weighted by molar-refractivity contribution is 5.76. The van der Waals surface area contributed by atoms with Gasteiger partial charge in [0.25, 0.3) is 0 Å². The van der Waals surface area contributed by atoms with Crippen molar-refractivity contribution in [2.75, 3.05) is 0 Å². The van der Waals surface area contributed by atoms with E-state index in [1.165, 1.54) is 0 Å². The van der Waals surface area contributed by atoms with Crippen molar-refractivity contribution >= 4 is 5.97 Å². The summed E-state index contributed by atoms with van der Waals surface area (Å²) in [6, 6.07) is 0. The number of hydrogen-bond donors (Lipinski definition) is 2. The molecular weight excluding hydrogens is 240 g/mol. The Labute approximate surface area is 114 Å². The molecule has 0 amide bonds. The van der Waals surface area contributed by atoms with Crippen molar-refractivity contribution in [3.8, 4) is 0 Å². The molecule has 0 aliphatic heterocycles. The first-order chi connectivity index (χ1) is 8.79. The van der Waals surface area contributed by atoms with E-state index in [0.717, 1.165) is 36.5 Å². The SMILES string of the molecule is CC(Cc1nc2c([nH]1)CCCC2C(=O)O)C(C)(C)C. The normalized spacial score (nSPS) is 20.9. The minimum absolute atomic E-state index is 0.236. The molecule has 4 heteroatoms. The molecule has 1 aliphatic rings. The molecule has 0 bridgehead atoms. The van der Waals surface area contributed by atoms with E-state index in [1.807, 2.05) is 0 Å². The van der Waals surface area contributed by atoms with E-state index < -0.39 is 11.9 Å². The lowest BCUT2D eigenvalue weighted by Gasteiger charge is -2.26. The number of hydrogen-bond acceptors (Lipinski definition) is 2. The van der Waals surface area contributed by atoms with Gasteiger partial charge in [0.1, 0.15) is 11.7 Å². The summed E-state index contributed by atoms with van der Waals surface area (Å²) in [4.78, 5) is 19.2. The average molecular weight is 264 g/mol. The van der Waals surface area contributed by atoms with Crippen LogP contribution in [0.1, 0.15) is 63.7 Å². The summed E-state index contributed by atoms with van der Waals surface area (Å²) in [6.07, 6.45) is 3.45. The van der Waals surface area contributed by atoms with Crippen molar-refractivity contribution in [2.24, 2.45) is 11.3 Å². The van der Waals surface area contributed by atoms with E-state index in [-0.39, 0.29) is 5.41 Å². The number of nitrogens with zero attached hydrogens (tertiary/aromatic N) is 1. The molecule has 2 rings (SSSR count). The molecule has 4 nitrogen and oxygen atoms in total. The van der Waals surface area contributed by atoms with Gasteiger partial charge in [-0.1, -0.05) is 27.7 Å². The summed E-state index contributed by atoms with van der Waals surface area (Å²) in [7, 11) is 0. The highest BCUT2D eigenvalue weighted by Crippen LogP contribution is 2.32. The Balaban J connectivity index is 2.20. The maximum Gasteiger partial charge on any atom is 0.312 e. The first-order valence-corrected chi connectivity index (χ1v) is 7.09. The molecule has 1 aromatic rings. The first kappa shape index (κ1) is 14.1. The molecule has 106 valence electrons. The molecule has 2 atom stereocenters. The highest BCUT2D eigenvalue weighted by Gasteiger charge is 2.30. The van der Waals surface area contributed by atoms with Crippen molar-refractivity contribution in [3.63, 3.8) is 0 Å². The van der Waals surface area contributed by atoms with E-state index in [2.05, 4.69) is 37.7 Å². The number of rotatable bonds is 3. The summed E-state index contributed by atoms with van der Waals surface area (Å²) in [5, 5.41) is 9.25. The molecule has 0 spiro atoms. The van der Waals surface area contributed by atoms with Crippen LogP contribution < -0.4 is 0 Å². The molecule has 2 unspecified atom stereocenters. The first-order valence-electron chi connectivity index (χ1n) is 7.09. The lowest BCUT2D eigenvalue weighted by atomic mass is 9.80. The van der Waals surface area contributed by atoms with Gasteiger partial charge in [-0.3, -0.25) is 4.79 Å². The summed E-state index contributed by atoms with van der Waals surface area (Å²) in [5.41, 5.74) is 2.05. The van der Waals surface area contributed by atoms with Crippen LogP contribution in [0.3, 0.4) is 0 Å². The highest BCUT2D eigenvalue weighted by atomic mass is 16.4. The van der Waals surface area contributed by atoms with Crippen LogP contribution >= 0.6 is 0 Å². The number of aromatic nitrogens is 2. The Morgan fingerprint density at radius 3 is 2.79 bits per heavy atom. The molecule has 0 aromatic carbocycles. The number of carboxylic acid groups (broad SMARTS) is 1. The van der Waals surface area contributed by atoms with Gasteiger partial charge in [-0.25, -0.2) is 4.98 Å². The average Bonchev–Trinajstić information content (AvgIpc) is 2.68. The smallest absolute Gasteiger partial charge is 0.312 e.